The molecule has 1 N–H and O–H groups in total. The molecule has 5 nitrogen and oxygen atoms in total. The van der Waals surface area contributed by atoms with Gasteiger partial charge in [0.25, 0.3) is 0 Å². The van der Waals surface area contributed by atoms with Gasteiger partial charge in [0.15, 0.2) is 0 Å². The zero-order valence-corrected chi connectivity index (χ0v) is 26.3. The SMILES string of the molecule is CCc1nc(Cc2ccccc2)sc1C1CCN(C[C@H]2C[C@H](N(C)[C@@H](C(=O)O)C(C)C)C[C@@H]2c2cccc(F)c2)CC1. The van der Waals surface area contributed by atoms with Gasteiger partial charge >= 0.3 is 5.97 Å². The van der Waals surface area contributed by atoms with Crippen molar-refractivity contribution >= 4 is 17.3 Å². The number of aliphatic carboxylic acids is 1. The number of likely N-dealkylation sites (N-methyl/N-ethyl adjacent to an activating group) is 1. The smallest absolute Gasteiger partial charge is 0.321 e. The van der Waals surface area contributed by atoms with Crippen LogP contribution in [0.3, 0.4) is 0 Å². The second-order valence-electron chi connectivity index (χ2n) is 12.7. The molecular formula is C35H46FN3O2S. The molecule has 0 amide bonds. The molecule has 0 unspecified atom stereocenters. The zero-order chi connectivity index (χ0) is 29.8. The summed E-state index contributed by atoms with van der Waals surface area (Å²) in [6, 6.07) is 17.3. The highest BCUT2D eigenvalue weighted by Gasteiger charge is 2.42. The summed E-state index contributed by atoms with van der Waals surface area (Å²) in [6.07, 6.45) is 5.94. The lowest BCUT2D eigenvalue weighted by Crippen LogP contribution is -2.47. The molecule has 5 rings (SSSR count). The standard InChI is InChI=1S/C35H46FN3O2S/c1-5-31-34(42-32(37-31)18-24-10-7-6-8-11-24)25-14-16-39(17-15-25)22-27-20-29(38(4)33(23(2)3)35(40)41)21-30(27)26-12-9-13-28(36)19-26/h6-13,19,23,25,27,29-30,33H,5,14-18,20-22H2,1-4H3,(H,40,41)/t27-,29+,30-,33-/m1/s1. The van der Waals surface area contributed by atoms with Gasteiger partial charge < -0.3 is 10.0 Å². The van der Waals surface area contributed by atoms with Gasteiger partial charge in [-0.1, -0.05) is 63.2 Å². The van der Waals surface area contributed by atoms with E-state index in [0.717, 1.165) is 63.7 Å². The van der Waals surface area contributed by atoms with Gasteiger partial charge in [-0.05, 0) is 99.2 Å². The van der Waals surface area contributed by atoms with Crippen LogP contribution in [0.15, 0.2) is 54.6 Å². The molecule has 3 aromatic rings. The number of thiazole rings is 1. The first kappa shape index (κ1) is 30.8. The molecule has 226 valence electrons. The minimum atomic E-state index is -0.762. The van der Waals surface area contributed by atoms with Crippen LogP contribution in [0, 0.1) is 17.7 Å². The monoisotopic (exact) mass is 591 g/mol. The van der Waals surface area contributed by atoms with Crippen LogP contribution < -0.4 is 0 Å². The van der Waals surface area contributed by atoms with Crippen LogP contribution in [0.5, 0.6) is 0 Å². The molecular weight excluding hydrogens is 545 g/mol. The van der Waals surface area contributed by atoms with Crippen molar-refractivity contribution in [2.75, 3.05) is 26.7 Å². The van der Waals surface area contributed by atoms with E-state index in [2.05, 4.69) is 53.1 Å². The Morgan fingerprint density at radius 3 is 2.50 bits per heavy atom. The minimum Gasteiger partial charge on any atom is -0.480 e. The highest BCUT2D eigenvalue weighted by atomic mass is 32.1. The third-order valence-corrected chi connectivity index (χ3v) is 10.9. The fourth-order valence-electron chi connectivity index (χ4n) is 7.47. The molecule has 2 heterocycles. The fourth-order valence-corrected chi connectivity index (χ4v) is 8.83. The number of likely N-dealkylation sites (tertiary alicyclic amines) is 1. The van der Waals surface area contributed by atoms with Crippen molar-refractivity contribution in [3.8, 4) is 0 Å². The number of benzene rings is 2. The number of hydrogen-bond donors (Lipinski definition) is 1. The van der Waals surface area contributed by atoms with Crippen molar-refractivity contribution in [2.24, 2.45) is 11.8 Å². The average Bonchev–Trinajstić information content (AvgIpc) is 3.58. The minimum absolute atomic E-state index is 0.0196. The van der Waals surface area contributed by atoms with Gasteiger partial charge in [-0.25, -0.2) is 9.37 Å². The first-order valence-electron chi connectivity index (χ1n) is 15.7. The van der Waals surface area contributed by atoms with E-state index < -0.39 is 12.0 Å². The van der Waals surface area contributed by atoms with Crippen molar-refractivity contribution in [3.63, 3.8) is 0 Å². The number of carboxylic acid groups (broad SMARTS) is 1. The maximum absolute atomic E-state index is 14.3. The Morgan fingerprint density at radius 2 is 1.86 bits per heavy atom. The van der Waals surface area contributed by atoms with Crippen LogP contribution in [0.4, 0.5) is 4.39 Å². The number of hydrogen-bond acceptors (Lipinski definition) is 5. The van der Waals surface area contributed by atoms with Crippen LogP contribution >= 0.6 is 11.3 Å². The van der Waals surface area contributed by atoms with Crippen molar-refractivity contribution < 1.29 is 14.3 Å². The summed E-state index contributed by atoms with van der Waals surface area (Å²) >= 11 is 1.91. The van der Waals surface area contributed by atoms with Gasteiger partial charge in [0.2, 0.25) is 0 Å². The maximum Gasteiger partial charge on any atom is 0.321 e. The predicted molar refractivity (Wildman–Crippen MR) is 169 cm³/mol. The van der Waals surface area contributed by atoms with Crippen molar-refractivity contribution in [1.82, 2.24) is 14.8 Å². The summed E-state index contributed by atoms with van der Waals surface area (Å²) in [6.45, 7) is 9.25. The zero-order valence-electron chi connectivity index (χ0n) is 25.5. The number of piperidine rings is 1. The number of halogens is 1. The molecule has 1 aliphatic carbocycles. The number of nitrogens with zero attached hydrogens (tertiary/aromatic N) is 3. The Labute approximate surface area is 254 Å². The van der Waals surface area contributed by atoms with Gasteiger partial charge in [-0.15, -0.1) is 11.3 Å². The summed E-state index contributed by atoms with van der Waals surface area (Å²) in [5.41, 5.74) is 3.63. The van der Waals surface area contributed by atoms with Crippen LogP contribution in [0.25, 0.3) is 0 Å². The number of carboxylic acids is 1. The second-order valence-corrected chi connectivity index (χ2v) is 13.9. The van der Waals surface area contributed by atoms with E-state index >= 15 is 0 Å². The second kappa shape index (κ2) is 13.8. The number of carbonyl (C=O) groups is 1. The number of aryl methyl sites for hydroxylation is 1. The summed E-state index contributed by atoms with van der Waals surface area (Å²) in [4.78, 5) is 23.3. The Morgan fingerprint density at radius 1 is 1.12 bits per heavy atom. The molecule has 4 atom stereocenters. The molecule has 0 bridgehead atoms. The highest BCUT2D eigenvalue weighted by Crippen LogP contribution is 2.44. The third kappa shape index (κ3) is 7.12. The molecule has 2 aromatic carbocycles. The fraction of sp³-hybridized carbons (Fsp3) is 0.543. The summed E-state index contributed by atoms with van der Waals surface area (Å²) in [7, 11) is 1.96. The van der Waals surface area contributed by atoms with E-state index in [4.69, 9.17) is 4.98 Å². The van der Waals surface area contributed by atoms with Gasteiger partial charge in [0.1, 0.15) is 11.9 Å². The first-order chi connectivity index (χ1) is 20.2. The third-order valence-electron chi connectivity index (χ3n) is 9.60. The van der Waals surface area contributed by atoms with E-state index in [0.29, 0.717) is 11.8 Å². The largest absolute Gasteiger partial charge is 0.480 e. The van der Waals surface area contributed by atoms with E-state index in [-0.39, 0.29) is 23.7 Å². The topological polar surface area (TPSA) is 56.7 Å². The molecule has 7 heteroatoms. The van der Waals surface area contributed by atoms with Crippen molar-refractivity contribution in [2.45, 2.75) is 83.2 Å². The van der Waals surface area contributed by atoms with Crippen LogP contribution in [0.1, 0.15) is 85.0 Å². The van der Waals surface area contributed by atoms with Crippen LogP contribution in [-0.2, 0) is 17.6 Å². The highest BCUT2D eigenvalue weighted by molar-refractivity contribution is 7.11. The molecule has 1 saturated carbocycles. The Balaban J connectivity index is 1.26. The quantitative estimate of drug-likeness (QED) is 0.255. The lowest BCUT2D eigenvalue weighted by Gasteiger charge is -2.35. The summed E-state index contributed by atoms with van der Waals surface area (Å²) in [5.74, 6) is 0.207. The van der Waals surface area contributed by atoms with Gasteiger partial charge in [0, 0.05) is 23.9 Å². The van der Waals surface area contributed by atoms with E-state index in [1.807, 2.05) is 38.3 Å². The number of aromatic nitrogens is 1. The lowest BCUT2D eigenvalue weighted by atomic mass is 9.87. The summed E-state index contributed by atoms with van der Waals surface area (Å²) in [5, 5.41) is 11.2. The van der Waals surface area contributed by atoms with Crippen molar-refractivity contribution in [1.29, 1.82) is 0 Å². The molecule has 1 aromatic heterocycles. The van der Waals surface area contributed by atoms with E-state index in [9.17, 15) is 14.3 Å². The Hall–Kier alpha value is -2.61. The van der Waals surface area contributed by atoms with E-state index in [1.54, 1.807) is 6.07 Å². The van der Waals surface area contributed by atoms with Crippen molar-refractivity contribution in [3.05, 3.63) is 87.1 Å². The average molecular weight is 592 g/mol. The maximum atomic E-state index is 14.3. The van der Waals surface area contributed by atoms with Gasteiger partial charge in [0.05, 0.1) is 10.7 Å². The van der Waals surface area contributed by atoms with Crippen LogP contribution in [-0.4, -0.2) is 64.6 Å². The summed E-state index contributed by atoms with van der Waals surface area (Å²) < 4.78 is 14.3. The van der Waals surface area contributed by atoms with Gasteiger partial charge in [-0.2, -0.15) is 0 Å². The molecule has 0 spiro atoms. The first-order valence-corrected chi connectivity index (χ1v) is 16.5. The molecule has 2 aliphatic rings. The normalized spacial score (nSPS) is 22.7. The molecule has 2 fully saturated rings. The molecule has 1 saturated heterocycles. The molecule has 42 heavy (non-hydrogen) atoms. The van der Waals surface area contributed by atoms with Gasteiger partial charge in [-0.3, -0.25) is 9.69 Å². The predicted octanol–water partition coefficient (Wildman–Crippen LogP) is 7.22. The Kier molecular flexibility index (Phi) is 10.1. The lowest BCUT2D eigenvalue weighted by molar-refractivity contribution is -0.145. The number of rotatable bonds is 11. The molecule has 0 radical (unpaired) electrons. The van der Waals surface area contributed by atoms with E-state index in [1.165, 1.54) is 27.2 Å². The molecule has 1 aliphatic heterocycles. The Bertz CT molecular complexity index is 1320. The van der Waals surface area contributed by atoms with Crippen LogP contribution in [0.2, 0.25) is 0 Å².